The van der Waals surface area contributed by atoms with Gasteiger partial charge in [0.25, 0.3) is 0 Å². The van der Waals surface area contributed by atoms with Gasteiger partial charge in [-0.3, -0.25) is 0 Å². The summed E-state index contributed by atoms with van der Waals surface area (Å²) >= 11 is 0. The van der Waals surface area contributed by atoms with E-state index in [1.165, 1.54) is 28.7 Å². The van der Waals surface area contributed by atoms with Crippen molar-refractivity contribution in [3.8, 4) is 16.9 Å². The third-order valence-electron chi connectivity index (χ3n) is 3.64. The van der Waals surface area contributed by atoms with Gasteiger partial charge in [0.15, 0.2) is 0 Å². The zero-order valence-electron chi connectivity index (χ0n) is 13.3. The molecule has 0 aliphatic carbocycles. The first-order valence-electron chi connectivity index (χ1n) is 7.75. The van der Waals surface area contributed by atoms with Crippen LogP contribution in [0.1, 0.15) is 31.4 Å². The zero-order valence-corrected chi connectivity index (χ0v) is 13.3. The fraction of sp³-hybridized carbons (Fsp3) is 0.368. The molecule has 0 heterocycles. The number of methoxy groups -OCH3 is 1. The maximum absolute atomic E-state index is 5.46. The SMILES string of the molecule is CCCc1cccc(-c2ccc(OC)c(CNCC)c2)c1. The first-order chi connectivity index (χ1) is 10.3. The van der Waals surface area contributed by atoms with Gasteiger partial charge in [-0.05, 0) is 41.8 Å². The maximum Gasteiger partial charge on any atom is 0.123 e. The molecule has 2 heteroatoms. The summed E-state index contributed by atoms with van der Waals surface area (Å²) in [4.78, 5) is 0. The van der Waals surface area contributed by atoms with Crippen LogP contribution in [0.5, 0.6) is 5.75 Å². The van der Waals surface area contributed by atoms with E-state index in [9.17, 15) is 0 Å². The molecule has 0 aliphatic heterocycles. The molecule has 0 saturated carbocycles. The van der Waals surface area contributed by atoms with Crippen LogP contribution in [0.2, 0.25) is 0 Å². The number of hydrogen-bond donors (Lipinski definition) is 1. The van der Waals surface area contributed by atoms with Gasteiger partial charge < -0.3 is 10.1 Å². The number of aryl methyl sites for hydroxylation is 1. The second-order valence-corrected chi connectivity index (χ2v) is 5.26. The highest BCUT2D eigenvalue weighted by Crippen LogP contribution is 2.27. The van der Waals surface area contributed by atoms with Gasteiger partial charge in [0.05, 0.1) is 7.11 Å². The van der Waals surface area contributed by atoms with Crippen molar-refractivity contribution in [1.82, 2.24) is 5.32 Å². The van der Waals surface area contributed by atoms with E-state index in [0.29, 0.717) is 0 Å². The first-order valence-corrected chi connectivity index (χ1v) is 7.75. The molecule has 0 radical (unpaired) electrons. The molecule has 1 N–H and O–H groups in total. The quantitative estimate of drug-likeness (QED) is 0.812. The van der Waals surface area contributed by atoms with Gasteiger partial charge in [-0.25, -0.2) is 0 Å². The Bertz CT molecular complexity index is 578. The molecule has 0 bridgehead atoms. The van der Waals surface area contributed by atoms with Crippen molar-refractivity contribution in [2.45, 2.75) is 33.2 Å². The summed E-state index contributed by atoms with van der Waals surface area (Å²) in [6.45, 7) is 6.13. The molecule has 0 spiro atoms. The summed E-state index contributed by atoms with van der Waals surface area (Å²) in [6.07, 6.45) is 2.31. The van der Waals surface area contributed by atoms with Crippen molar-refractivity contribution >= 4 is 0 Å². The van der Waals surface area contributed by atoms with Gasteiger partial charge >= 0.3 is 0 Å². The van der Waals surface area contributed by atoms with Crippen LogP contribution in [0, 0.1) is 0 Å². The number of hydrogen-bond acceptors (Lipinski definition) is 2. The molecule has 0 saturated heterocycles. The van der Waals surface area contributed by atoms with Crippen LogP contribution >= 0.6 is 0 Å². The highest BCUT2D eigenvalue weighted by Gasteiger charge is 2.06. The topological polar surface area (TPSA) is 21.3 Å². The lowest BCUT2D eigenvalue weighted by atomic mass is 9.99. The molecule has 2 nitrogen and oxygen atoms in total. The van der Waals surface area contributed by atoms with Gasteiger partial charge in [0, 0.05) is 12.1 Å². The predicted octanol–water partition coefficient (Wildman–Crippen LogP) is 4.42. The molecule has 2 aromatic rings. The largest absolute Gasteiger partial charge is 0.496 e. The van der Waals surface area contributed by atoms with Gasteiger partial charge in [-0.1, -0.05) is 50.6 Å². The monoisotopic (exact) mass is 283 g/mol. The maximum atomic E-state index is 5.46. The van der Waals surface area contributed by atoms with E-state index < -0.39 is 0 Å². The average Bonchev–Trinajstić information content (AvgIpc) is 2.53. The van der Waals surface area contributed by atoms with E-state index in [1.807, 2.05) is 0 Å². The predicted molar refractivity (Wildman–Crippen MR) is 89.8 cm³/mol. The van der Waals surface area contributed by atoms with Crippen molar-refractivity contribution in [3.63, 3.8) is 0 Å². The van der Waals surface area contributed by atoms with Crippen molar-refractivity contribution < 1.29 is 4.74 Å². The van der Waals surface area contributed by atoms with Crippen molar-refractivity contribution in [2.24, 2.45) is 0 Å². The Morgan fingerprint density at radius 2 is 1.81 bits per heavy atom. The highest BCUT2D eigenvalue weighted by atomic mass is 16.5. The van der Waals surface area contributed by atoms with Crippen LogP contribution in [0.3, 0.4) is 0 Å². The van der Waals surface area contributed by atoms with Crippen molar-refractivity contribution in [2.75, 3.05) is 13.7 Å². The Hall–Kier alpha value is -1.80. The van der Waals surface area contributed by atoms with Crippen LogP contribution in [0.4, 0.5) is 0 Å². The molecule has 0 aromatic heterocycles. The van der Waals surface area contributed by atoms with Gasteiger partial charge in [-0.2, -0.15) is 0 Å². The molecule has 21 heavy (non-hydrogen) atoms. The minimum absolute atomic E-state index is 0.835. The number of rotatable bonds is 7. The fourth-order valence-corrected chi connectivity index (χ4v) is 2.55. The number of nitrogens with one attached hydrogen (secondary N) is 1. The summed E-state index contributed by atoms with van der Waals surface area (Å²) in [5, 5.41) is 3.37. The first kappa shape index (κ1) is 15.6. The van der Waals surface area contributed by atoms with Crippen LogP contribution in [0.25, 0.3) is 11.1 Å². The van der Waals surface area contributed by atoms with E-state index in [1.54, 1.807) is 7.11 Å². The third kappa shape index (κ3) is 4.08. The second-order valence-electron chi connectivity index (χ2n) is 5.26. The summed E-state index contributed by atoms with van der Waals surface area (Å²) in [6, 6.07) is 15.3. The van der Waals surface area contributed by atoms with Crippen LogP contribution in [-0.4, -0.2) is 13.7 Å². The smallest absolute Gasteiger partial charge is 0.123 e. The molecule has 0 amide bonds. The Kier molecular flexibility index (Phi) is 5.82. The molecule has 2 rings (SSSR count). The van der Waals surface area contributed by atoms with Crippen LogP contribution < -0.4 is 10.1 Å². The Labute approximate surface area is 128 Å². The highest BCUT2D eigenvalue weighted by molar-refractivity contribution is 5.66. The normalized spacial score (nSPS) is 10.6. The van der Waals surface area contributed by atoms with E-state index >= 15 is 0 Å². The summed E-state index contributed by atoms with van der Waals surface area (Å²) in [5.41, 5.74) is 5.14. The molecular weight excluding hydrogens is 258 g/mol. The average molecular weight is 283 g/mol. The van der Waals surface area contributed by atoms with E-state index in [0.717, 1.165) is 25.3 Å². The standard InChI is InChI=1S/C19H25NO/c1-4-7-15-8-6-9-16(12-15)17-10-11-19(21-3)18(13-17)14-20-5-2/h6,8-13,20H,4-5,7,14H2,1-3H3. The lowest BCUT2D eigenvalue weighted by Crippen LogP contribution is -2.12. The van der Waals surface area contributed by atoms with E-state index in [-0.39, 0.29) is 0 Å². The minimum Gasteiger partial charge on any atom is -0.496 e. The molecule has 0 fully saturated rings. The van der Waals surface area contributed by atoms with Crippen LogP contribution in [0.15, 0.2) is 42.5 Å². The molecular formula is C19H25NO. The summed E-state index contributed by atoms with van der Waals surface area (Å²) in [5.74, 6) is 0.949. The summed E-state index contributed by atoms with van der Waals surface area (Å²) in [7, 11) is 1.73. The zero-order chi connectivity index (χ0) is 15.1. The Morgan fingerprint density at radius 1 is 1.00 bits per heavy atom. The van der Waals surface area contributed by atoms with Crippen molar-refractivity contribution in [3.05, 3.63) is 53.6 Å². The second kappa shape index (κ2) is 7.84. The Morgan fingerprint density at radius 3 is 2.52 bits per heavy atom. The van der Waals surface area contributed by atoms with Gasteiger partial charge in [-0.15, -0.1) is 0 Å². The Balaban J connectivity index is 2.32. The molecule has 0 atom stereocenters. The number of ether oxygens (including phenoxy) is 1. The number of benzene rings is 2. The van der Waals surface area contributed by atoms with Crippen LogP contribution in [-0.2, 0) is 13.0 Å². The lowest BCUT2D eigenvalue weighted by Gasteiger charge is -2.12. The minimum atomic E-state index is 0.835. The third-order valence-corrected chi connectivity index (χ3v) is 3.64. The van der Waals surface area contributed by atoms with Gasteiger partial charge in [0.1, 0.15) is 5.75 Å². The fourth-order valence-electron chi connectivity index (χ4n) is 2.55. The van der Waals surface area contributed by atoms with E-state index in [4.69, 9.17) is 4.74 Å². The molecule has 0 aliphatic rings. The van der Waals surface area contributed by atoms with Crippen molar-refractivity contribution in [1.29, 1.82) is 0 Å². The lowest BCUT2D eigenvalue weighted by molar-refractivity contribution is 0.408. The van der Waals surface area contributed by atoms with Gasteiger partial charge in [0.2, 0.25) is 0 Å². The molecule has 2 aromatic carbocycles. The van der Waals surface area contributed by atoms with E-state index in [2.05, 4.69) is 61.6 Å². The molecule has 0 unspecified atom stereocenters. The molecule has 112 valence electrons. The summed E-state index contributed by atoms with van der Waals surface area (Å²) < 4.78 is 5.46.